The van der Waals surface area contributed by atoms with E-state index in [9.17, 15) is 4.79 Å². The van der Waals surface area contributed by atoms with Gasteiger partial charge in [-0.05, 0) is 37.8 Å². The lowest BCUT2D eigenvalue weighted by molar-refractivity contribution is 0.0889. The van der Waals surface area contributed by atoms with Gasteiger partial charge in [0.25, 0.3) is 5.91 Å². The summed E-state index contributed by atoms with van der Waals surface area (Å²) in [5, 5.41) is 3.06. The SMILES string of the molecule is Cn1cccc1C(=O)NC(C)(CN)C1CC1. The van der Waals surface area contributed by atoms with E-state index in [1.807, 2.05) is 36.9 Å². The third kappa shape index (κ3) is 1.97. The number of carbonyl (C=O) groups is 1. The zero-order chi connectivity index (χ0) is 11.8. The summed E-state index contributed by atoms with van der Waals surface area (Å²) >= 11 is 0. The van der Waals surface area contributed by atoms with E-state index < -0.39 is 0 Å². The number of carbonyl (C=O) groups excluding carboxylic acids is 1. The van der Waals surface area contributed by atoms with E-state index in [-0.39, 0.29) is 11.4 Å². The predicted octanol–water partition coefficient (Wildman–Crippen LogP) is 0.882. The molecule has 0 aromatic carbocycles. The summed E-state index contributed by atoms with van der Waals surface area (Å²) in [6.45, 7) is 2.53. The van der Waals surface area contributed by atoms with Gasteiger partial charge in [0.2, 0.25) is 0 Å². The second kappa shape index (κ2) is 3.94. The second-order valence-electron chi connectivity index (χ2n) is 4.85. The minimum absolute atomic E-state index is 0.0349. The molecule has 1 aliphatic carbocycles. The molecule has 88 valence electrons. The zero-order valence-electron chi connectivity index (χ0n) is 9.86. The molecule has 0 bridgehead atoms. The standard InChI is InChI=1S/C12H19N3O/c1-12(8-13,9-5-6-9)14-11(16)10-4-3-7-15(10)2/h3-4,7,9H,5-6,8,13H2,1-2H3,(H,14,16). The fraction of sp³-hybridized carbons (Fsp3) is 0.583. The van der Waals surface area contributed by atoms with Crippen molar-refractivity contribution >= 4 is 5.91 Å². The monoisotopic (exact) mass is 221 g/mol. The molecule has 0 radical (unpaired) electrons. The summed E-state index contributed by atoms with van der Waals surface area (Å²) in [6.07, 6.45) is 4.20. The van der Waals surface area contributed by atoms with Gasteiger partial charge in [-0.15, -0.1) is 0 Å². The first kappa shape index (κ1) is 11.2. The topological polar surface area (TPSA) is 60.0 Å². The van der Waals surface area contributed by atoms with Gasteiger partial charge in [-0.3, -0.25) is 4.79 Å². The molecule has 1 heterocycles. The normalized spacial score (nSPS) is 19.2. The Morgan fingerprint density at radius 1 is 1.69 bits per heavy atom. The van der Waals surface area contributed by atoms with Crippen molar-refractivity contribution in [1.29, 1.82) is 0 Å². The highest BCUT2D eigenvalue weighted by atomic mass is 16.2. The lowest BCUT2D eigenvalue weighted by Gasteiger charge is -2.29. The van der Waals surface area contributed by atoms with Gasteiger partial charge < -0.3 is 15.6 Å². The van der Waals surface area contributed by atoms with Crippen LogP contribution in [0.4, 0.5) is 0 Å². The molecule has 1 aliphatic rings. The Hall–Kier alpha value is -1.29. The van der Waals surface area contributed by atoms with Crippen LogP contribution < -0.4 is 11.1 Å². The number of nitrogens with one attached hydrogen (secondary N) is 1. The molecule has 1 saturated carbocycles. The van der Waals surface area contributed by atoms with E-state index in [0.29, 0.717) is 18.2 Å². The summed E-state index contributed by atoms with van der Waals surface area (Å²) in [4.78, 5) is 12.0. The van der Waals surface area contributed by atoms with E-state index in [1.165, 1.54) is 12.8 Å². The van der Waals surface area contributed by atoms with Crippen LogP contribution >= 0.6 is 0 Å². The molecule has 4 nitrogen and oxygen atoms in total. The predicted molar refractivity (Wildman–Crippen MR) is 63.1 cm³/mol. The van der Waals surface area contributed by atoms with Crippen LogP contribution in [-0.2, 0) is 7.05 Å². The van der Waals surface area contributed by atoms with Gasteiger partial charge in [0.05, 0.1) is 5.54 Å². The van der Waals surface area contributed by atoms with Crippen molar-refractivity contribution < 1.29 is 4.79 Å². The van der Waals surface area contributed by atoms with Gasteiger partial charge in [0.15, 0.2) is 0 Å². The van der Waals surface area contributed by atoms with Gasteiger partial charge >= 0.3 is 0 Å². The number of nitrogens with zero attached hydrogens (tertiary/aromatic N) is 1. The van der Waals surface area contributed by atoms with E-state index in [0.717, 1.165) is 0 Å². The second-order valence-corrected chi connectivity index (χ2v) is 4.85. The summed E-state index contributed by atoms with van der Waals surface area (Å²) in [7, 11) is 1.87. The third-order valence-corrected chi connectivity index (χ3v) is 3.48. The maximum absolute atomic E-state index is 12.0. The zero-order valence-corrected chi connectivity index (χ0v) is 9.86. The Bertz CT molecular complexity index is 395. The van der Waals surface area contributed by atoms with E-state index >= 15 is 0 Å². The van der Waals surface area contributed by atoms with E-state index in [1.54, 1.807) is 0 Å². The number of aryl methyl sites for hydroxylation is 1. The number of hydrogen-bond acceptors (Lipinski definition) is 2. The minimum atomic E-state index is -0.249. The summed E-state index contributed by atoms with van der Waals surface area (Å²) < 4.78 is 1.82. The Morgan fingerprint density at radius 2 is 2.38 bits per heavy atom. The molecule has 2 rings (SSSR count). The molecule has 16 heavy (non-hydrogen) atoms. The van der Waals surface area contributed by atoms with Crippen molar-refractivity contribution in [3.8, 4) is 0 Å². The van der Waals surface area contributed by atoms with Crippen LogP contribution in [0.2, 0.25) is 0 Å². The maximum Gasteiger partial charge on any atom is 0.268 e. The van der Waals surface area contributed by atoms with Crippen LogP contribution in [0.5, 0.6) is 0 Å². The average molecular weight is 221 g/mol. The Kier molecular flexibility index (Phi) is 2.76. The molecule has 1 atom stereocenters. The Morgan fingerprint density at radius 3 is 2.81 bits per heavy atom. The van der Waals surface area contributed by atoms with Crippen LogP contribution in [0.25, 0.3) is 0 Å². The van der Waals surface area contributed by atoms with Crippen molar-refractivity contribution in [1.82, 2.24) is 9.88 Å². The molecule has 0 aliphatic heterocycles. The van der Waals surface area contributed by atoms with Gasteiger partial charge in [0, 0.05) is 19.8 Å². The Labute approximate surface area is 95.8 Å². The number of amides is 1. The average Bonchev–Trinajstić information content (AvgIpc) is 3.02. The van der Waals surface area contributed by atoms with E-state index in [4.69, 9.17) is 5.73 Å². The van der Waals surface area contributed by atoms with Crippen LogP contribution in [0, 0.1) is 5.92 Å². The number of rotatable bonds is 4. The lowest BCUT2D eigenvalue weighted by atomic mass is 9.96. The van der Waals surface area contributed by atoms with Gasteiger partial charge in [-0.25, -0.2) is 0 Å². The molecule has 1 amide bonds. The largest absolute Gasteiger partial charge is 0.347 e. The molecule has 0 spiro atoms. The molecule has 1 unspecified atom stereocenters. The van der Waals surface area contributed by atoms with Crippen LogP contribution in [0.15, 0.2) is 18.3 Å². The highest BCUT2D eigenvalue weighted by Gasteiger charge is 2.41. The summed E-state index contributed by atoms with van der Waals surface area (Å²) in [6, 6.07) is 3.69. The van der Waals surface area contributed by atoms with Crippen molar-refractivity contribution in [2.24, 2.45) is 18.7 Å². The van der Waals surface area contributed by atoms with Crippen LogP contribution in [0.1, 0.15) is 30.3 Å². The number of nitrogens with two attached hydrogens (primary N) is 1. The first-order valence-electron chi connectivity index (χ1n) is 5.71. The quantitative estimate of drug-likeness (QED) is 0.793. The molecule has 1 aromatic heterocycles. The van der Waals surface area contributed by atoms with Gasteiger partial charge in [-0.2, -0.15) is 0 Å². The van der Waals surface area contributed by atoms with Crippen molar-refractivity contribution in [2.75, 3.05) is 6.54 Å². The molecule has 1 aromatic rings. The summed E-state index contributed by atoms with van der Waals surface area (Å²) in [5.41, 5.74) is 6.20. The molecule has 3 N–H and O–H groups in total. The first-order chi connectivity index (χ1) is 7.57. The molecular weight excluding hydrogens is 202 g/mol. The Balaban J connectivity index is 2.09. The minimum Gasteiger partial charge on any atom is -0.347 e. The van der Waals surface area contributed by atoms with Crippen LogP contribution in [0.3, 0.4) is 0 Å². The highest BCUT2D eigenvalue weighted by Crippen LogP contribution is 2.39. The van der Waals surface area contributed by atoms with Crippen molar-refractivity contribution in [3.05, 3.63) is 24.0 Å². The van der Waals surface area contributed by atoms with Gasteiger partial charge in [-0.1, -0.05) is 0 Å². The first-order valence-corrected chi connectivity index (χ1v) is 5.71. The molecular formula is C12H19N3O. The van der Waals surface area contributed by atoms with Crippen molar-refractivity contribution in [3.63, 3.8) is 0 Å². The van der Waals surface area contributed by atoms with Gasteiger partial charge in [0.1, 0.15) is 5.69 Å². The smallest absolute Gasteiger partial charge is 0.268 e. The third-order valence-electron chi connectivity index (χ3n) is 3.48. The fourth-order valence-corrected chi connectivity index (χ4v) is 2.06. The lowest BCUT2D eigenvalue weighted by Crippen LogP contribution is -2.53. The number of hydrogen-bond donors (Lipinski definition) is 2. The highest BCUT2D eigenvalue weighted by molar-refractivity contribution is 5.93. The molecule has 0 saturated heterocycles. The molecule has 1 fully saturated rings. The maximum atomic E-state index is 12.0. The fourth-order valence-electron chi connectivity index (χ4n) is 2.06. The summed E-state index contributed by atoms with van der Waals surface area (Å²) in [5.74, 6) is 0.508. The van der Waals surface area contributed by atoms with Crippen LogP contribution in [-0.4, -0.2) is 22.6 Å². The van der Waals surface area contributed by atoms with Crippen molar-refractivity contribution in [2.45, 2.75) is 25.3 Å². The molecule has 4 heteroatoms. The van der Waals surface area contributed by atoms with E-state index in [2.05, 4.69) is 5.32 Å². The number of aromatic nitrogens is 1.